The molecule has 1 rings (SSSR count). The molecular formula is C12H18N4O2. The van der Waals surface area contributed by atoms with Crippen molar-refractivity contribution in [1.29, 1.82) is 0 Å². The first-order valence-corrected chi connectivity index (χ1v) is 5.74. The largest absolute Gasteiger partial charge is 0.334 e. The summed E-state index contributed by atoms with van der Waals surface area (Å²) in [7, 11) is 0. The third-order valence-corrected chi connectivity index (χ3v) is 2.24. The molecule has 1 aromatic rings. The minimum Gasteiger partial charge on any atom is -0.334 e. The zero-order valence-electron chi connectivity index (χ0n) is 10.6. The summed E-state index contributed by atoms with van der Waals surface area (Å²) in [5, 5.41) is 4.70. The van der Waals surface area contributed by atoms with Crippen LogP contribution >= 0.6 is 0 Å². The van der Waals surface area contributed by atoms with Crippen LogP contribution in [-0.2, 0) is 11.3 Å². The number of nitrogens with one attached hydrogen (secondary N) is 2. The maximum atomic E-state index is 11.6. The van der Waals surface area contributed by atoms with Gasteiger partial charge in [0.15, 0.2) is 0 Å². The van der Waals surface area contributed by atoms with E-state index in [-0.39, 0.29) is 18.4 Å². The van der Waals surface area contributed by atoms with E-state index in [9.17, 15) is 9.59 Å². The van der Waals surface area contributed by atoms with E-state index in [0.29, 0.717) is 6.54 Å². The second-order valence-electron chi connectivity index (χ2n) is 4.11. The van der Waals surface area contributed by atoms with Crippen molar-refractivity contribution >= 4 is 11.9 Å². The summed E-state index contributed by atoms with van der Waals surface area (Å²) in [6.07, 6.45) is 4.90. The zero-order chi connectivity index (χ0) is 13.5. The number of imide groups is 1. The Labute approximate surface area is 106 Å². The Hall–Kier alpha value is -2.11. The number of rotatable bonds is 5. The van der Waals surface area contributed by atoms with Crippen LogP contribution in [-0.4, -0.2) is 28.0 Å². The van der Waals surface area contributed by atoms with Crippen molar-refractivity contribution in [3.63, 3.8) is 0 Å². The molecule has 0 aliphatic heterocycles. The van der Waals surface area contributed by atoms with Gasteiger partial charge >= 0.3 is 6.03 Å². The van der Waals surface area contributed by atoms with Crippen molar-refractivity contribution in [1.82, 2.24) is 20.2 Å². The maximum absolute atomic E-state index is 11.6. The van der Waals surface area contributed by atoms with E-state index in [0.717, 1.165) is 5.82 Å². The van der Waals surface area contributed by atoms with Crippen LogP contribution in [0.3, 0.4) is 0 Å². The molecule has 0 unspecified atom stereocenters. The molecule has 6 heteroatoms. The van der Waals surface area contributed by atoms with Crippen molar-refractivity contribution in [3.05, 3.63) is 30.9 Å². The number of amides is 3. The standard InChI is InChI=1S/C12H18N4O2/c1-4-5-14-12(18)15-10(17)8-16-7-6-13-11(16)9(2)3/h4,6-7,9H,1,5,8H2,2-3H3,(H2,14,15,17,18). The topological polar surface area (TPSA) is 76.0 Å². The smallest absolute Gasteiger partial charge is 0.321 e. The molecule has 0 fully saturated rings. The Morgan fingerprint density at radius 3 is 2.89 bits per heavy atom. The normalized spacial score (nSPS) is 10.2. The van der Waals surface area contributed by atoms with E-state index in [1.54, 1.807) is 17.0 Å². The number of carbonyl (C=O) groups excluding carboxylic acids is 2. The highest BCUT2D eigenvalue weighted by Crippen LogP contribution is 2.11. The summed E-state index contributed by atoms with van der Waals surface area (Å²) in [5.74, 6) is 0.663. The van der Waals surface area contributed by atoms with Gasteiger partial charge in [-0.25, -0.2) is 9.78 Å². The molecule has 18 heavy (non-hydrogen) atoms. The van der Waals surface area contributed by atoms with Gasteiger partial charge in [0.05, 0.1) is 0 Å². The first kappa shape index (κ1) is 14.0. The van der Waals surface area contributed by atoms with Crippen LogP contribution in [0.4, 0.5) is 4.79 Å². The third-order valence-electron chi connectivity index (χ3n) is 2.24. The van der Waals surface area contributed by atoms with Gasteiger partial charge in [-0.2, -0.15) is 0 Å². The summed E-state index contributed by atoms with van der Waals surface area (Å²) >= 11 is 0. The van der Waals surface area contributed by atoms with Crippen LogP contribution in [0.1, 0.15) is 25.6 Å². The molecule has 1 aromatic heterocycles. The number of imidazole rings is 1. The number of carbonyl (C=O) groups is 2. The van der Waals surface area contributed by atoms with Crippen molar-refractivity contribution in [2.75, 3.05) is 6.54 Å². The van der Waals surface area contributed by atoms with Crippen LogP contribution in [0.15, 0.2) is 25.0 Å². The van der Waals surface area contributed by atoms with Crippen LogP contribution < -0.4 is 10.6 Å². The molecule has 98 valence electrons. The lowest BCUT2D eigenvalue weighted by molar-refractivity contribution is -0.120. The summed E-state index contributed by atoms with van der Waals surface area (Å²) in [5.41, 5.74) is 0. The highest BCUT2D eigenvalue weighted by atomic mass is 16.2. The van der Waals surface area contributed by atoms with E-state index < -0.39 is 6.03 Å². The Kier molecular flexibility index (Phi) is 5.10. The van der Waals surface area contributed by atoms with Gasteiger partial charge in [0.2, 0.25) is 5.91 Å². The minimum atomic E-state index is -0.522. The second-order valence-corrected chi connectivity index (χ2v) is 4.11. The fraction of sp³-hybridized carbons (Fsp3) is 0.417. The summed E-state index contributed by atoms with van der Waals surface area (Å²) < 4.78 is 1.72. The van der Waals surface area contributed by atoms with E-state index in [4.69, 9.17) is 0 Å². The molecule has 0 bridgehead atoms. The monoisotopic (exact) mass is 250 g/mol. The third kappa shape index (κ3) is 4.04. The van der Waals surface area contributed by atoms with Gasteiger partial charge in [0.1, 0.15) is 12.4 Å². The first-order valence-electron chi connectivity index (χ1n) is 5.74. The van der Waals surface area contributed by atoms with Crippen molar-refractivity contribution < 1.29 is 9.59 Å². The first-order chi connectivity index (χ1) is 8.54. The van der Waals surface area contributed by atoms with E-state index in [1.165, 1.54) is 6.08 Å². The number of urea groups is 1. The van der Waals surface area contributed by atoms with Crippen LogP contribution in [0.5, 0.6) is 0 Å². The Morgan fingerprint density at radius 1 is 1.56 bits per heavy atom. The summed E-state index contributed by atoms with van der Waals surface area (Å²) in [6.45, 7) is 7.85. The number of nitrogens with zero attached hydrogens (tertiary/aromatic N) is 2. The average molecular weight is 250 g/mol. The van der Waals surface area contributed by atoms with Crippen LogP contribution in [0, 0.1) is 0 Å². The lowest BCUT2D eigenvalue weighted by Crippen LogP contribution is -2.41. The molecule has 2 N–H and O–H groups in total. The maximum Gasteiger partial charge on any atom is 0.321 e. The number of aromatic nitrogens is 2. The minimum absolute atomic E-state index is 0.0784. The molecule has 0 atom stereocenters. The molecular weight excluding hydrogens is 232 g/mol. The molecule has 0 radical (unpaired) electrons. The van der Waals surface area contributed by atoms with E-state index in [1.807, 2.05) is 13.8 Å². The second kappa shape index (κ2) is 6.58. The number of hydrogen-bond donors (Lipinski definition) is 2. The van der Waals surface area contributed by atoms with Gasteiger partial charge in [-0.05, 0) is 0 Å². The van der Waals surface area contributed by atoms with Crippen molar-refractivity contribution in [2.45, 2.75) is 26.3 Å². The fourth-order valence-corrected chi connectivity index (χ4v) is 1.49. The Morgan fingerprint density at radius 2 is 2.28 bits per heavy atom. The Bertz CT molecular complexity index is 437. The molecule has 0 aliphatic carbocycles. The lowest BCUT2D eigenvalue weighted by atomic mass is 10.2. The van der Waals surface area contributed by atoms with Gasteiger partial charge in [0.25, 0.3) is 0 Å². The molecule has 1 heterocycles. The molecule has 0 saturated heterocycles. The molecule has 0 spiro atoms. The van der Waals surface area contributed by atoms with Gasteiger partial charge in [-0.15, -0.1) is 6.58 Å². The highest BCUT2D eigenvalue weighted by Gasteiger charge is 2.12. The predicted octanol–water partition coefficient (Wildman–Crippen LogP) is 1.02. The van der Waals surface area contributed by atoms with Gasteiger partial charge < -0.3 is 9.88 Å². The molecule has 0 saturated carbocycles. The van der Waals surface area contributed by atoms with Gasteiger partial charge in [-0.1, -0.05) is 19.9 Å². The van der Waals surface area contributed by atoms with Crippen molar-refractivity contribution in [3.8, 4) is 0 Å². The molecule has 3 amide bonds. The van der Waals surface area contributed by atoms with Gasteiger partial charge in [0, 0.05) is 24.9 Å². The van der Waals surface area contributed by atoms with E-state index >= 15 is 0 Å². The van der Waals surface area contributed by atoms with Gasteiger partial charge in [-0.3, -0.25) is 10.1 Å². The zero-order valence-corrected chi connectivity index (χ0v) is 10.6. The predicted molar refractivity (Wildman–Crippen MR) is 68.1 cm³/mol. The quantitative estimate of drug-likeness (QED) is 0.766. The fourth-order valence-electron chi connectivity index (χ4n) is 1.49. The SMILES string of the molecule is C=CCNC(=O)NC(=O)Cn1ccnc1C(C)C. The molecule has 6 nitrogen and oxygen atoms in total. The number of hydrogen-bond acceptors (Lipinski definition) is 3. The van der Waals surface area contributed by atoms with Crippen LogP contribution in [0.25, 0.3) is 0 Å². The van der Waals surface area contributed by atoms with Crippen LogP contribution in [0.2, 0.25) is 0 Å². The molecule has 0 aromatic carbocycles. The average Bonchev–Trinajstić information content (AvgIpc) is 2.74. The molecule has 0 aliphatic rings. The summed E-state index contributed by atoms with van der Waals surface area (Å²) in [4.78, 5) is 27.0. The summed E-state index contributed by atoms with van der Waals surface area (Å²) in [6, 6.07) is -0.522. The lowest BCUT2D eigenvalue weighted by Gasteiger charge is -2.10. The van der Waals surface area contributed by atoms with Crippen molar-refractivity contribution in [2.24, 2.45) is 0 Å². The Balaban J connectivity index is 2.51. The van der Waals surface area contributed by atoms with E-state index in [2.05, 4.69) is 22.2 Å². The highest BCUT2D eigenvalue weighted by molar-refractivity contribution is 5.94.